The molecule has 1 saturated carbocycles. The summed E-state index contributed by atoms with van der Waals surface area (Å²) < 4.78 is 53.4. The molecule has 0 bridgehead atoms. The molecule has 0 aromatic carbocycles. The predicted octanol–water partition coefficient (Wildman–Crippen LogP) is 2.23. The van der Waals surface area contributed by atoms with Gasteiger partial charge in [-0.3, -0.25) is 4.79 Å². The Labute approximate surface area is 124 Å². The van der Waals surface area contributed by atoms with Gasteiger partial charge in [0.15, 0.2) is 0 Å². The number of carbonyl (C=O) groups is 1. The first-order valence-electron chi connectivity index (χ1n) is 7.14. The summed E-state index contributed by atoms with van der Waals surface area (Å²) in [5.41, 5.74) is 0. The highest BCUT2D eigenvalue weighted by Crippen LogP contribution is 2.39. The van der Waals surface area contributed by atoms with Gasteiger partial charge in [0, 0.05) is 12.3 Å². The molecule has 1 fully saturated rings. The van der Waals surface area contributed by atoms with Crippen LogP contribution in [-0.4, -0.2) is 37.2 Å². The Bertz CT molecular complexity index is 465. The third-order valence-electron chi connectivity index (χ3n) is 3.66. The van der Waals surface area contributed by atoms with Crippen LogP contribution in [0.5, 0.6) is 0 Å². The molecule has 0 heterocycles. The minimum atomic E-state index is -4.05. The molecule has 0 radical (unpaired) electrons. The van der Waals surface area contributed by atoms with Gasteiger partial charge in [0.2, 0.25) is 10.0 Å². The van der Waals surface area contributed by atoms with E-state index in [0.717, 1.165) is 0 Å². The Hall–Kier alpha value is -0.760. The quantitative estimate of drug-likeness (QED) is 0.751. The number of hydrogen-bond donors (Lipinski definition) is 2. The Morgan fingerprint density at radius 1 is 1.38 bits per heavy atom. The van der Waals surface area contributed by atoms with Crippen LogP contribution in [0.3, 0.4) is 0 Å². The third-order valence-corrected chi connectivity index (χ3v) is 5.14. The van der Waals surface area contributed by atoms with Crippen molar-refractivity contribution >= 4 is 16.0 Å². The van der Waals surface area contributed by atoms with Crippen molar-refractivity contribution in [3.63, 3.8) is 0 Å². The summed E-state index contributed by atoms with van der Waals surface area (Å²) >= 11 is 0. The maximum atomic E-state index is 13.7. The minimum Gasteiger partial charge on any atom is -0.480 e. The van der Waals surface area contributed by atoms with E-state index >= 15 is 0 Å². The lowest BCUT2D eigenvalue weighted by Crippen LogP contribution is -2.46. The second-order valence-electron chi connectivity index (χ2n) is 6.12. The number of carboxylic acid groups (broad SMARTS) is 1. The van der Waals surface area contributed by atoms with Crippen LogP contribution in [0.2, 0.25) is 0 Å². The number of sulfonamides is 1. The molecule has 2 N–H and O–H groups in total. The van der Waals surface area contributed by atoms with E-state index in [1.165, 1.54) is 0 Å². The van der Waals surface area contributed by atoms with Gasteiger partial charge >= 0.3 is 5.97 Å². The molecule has 0 aromatic heterocycles. The van der Waals surface area contributed by atoms with Crippen LogP contribution in [0.1, 0.15) is 46.0 Å². The van der Waals surface area contributed by atoms with E-state index < -0.39 is 39.6 Å². The van der Waals surface area contributed by atoms with Gasteiger partial charge in [-0.15, -0.1) is 0 Å². The van der Waals surface area contributed by atoms with E-state index in [0.29, 0.717) is 12.8 Å². The summed E-state index contributed by atoms with van der Waals surface area (Å²) in [4.78, 5) is 11.1. The number of carboxylic acids is 1. The molecule has 0 aromatic rings. The van der Waals surface area contributed by atoms with Crippen LogP contribution in [0.25, 0.3) is 0 Å². The molecule has 1 aliphatic carbocycles. The summed E-state index contributed by atoms with van der Waals surface area (Å²) in [7, 11) is -4.05. The highest BCUT2D eigenvalue weighted by Gasteiger charge is 2.44. The minimum absolute atomic E-state index is 0.0232. The largest absolute Gasteiger partial charge is 0.480 e. The molecule has 2 atom stereocenters. The van der Waals surface area contributed by atoms with Gasteiger partial charge in [0.1, 0.15) is 6.04 Å². The maximum Gasteiger partial charge on any atom is 0.321 e. The number of rotatable bonds is 7. The Morgan fingerprint density at radius 3 is 2.48 bits per heavy atom. The lowest BCUT2D eigenvalue weighted by Gasteiger charge is -2.31. The van der Waals surface area contributed by atoms with Crippen molar-refractivity contribution < 1.29 is 27.1 Å². The molecule has 1 rings (SSSR count). The van der Waals surface area contributed by atoms with E-state index in [1.54, 1.807) is 13.8 Å². The van der Waals surface area contributed by atoms with E-state index in [4.69, 9.17) is 5.11 Å². The molecular weight excluding hydrogens is 304 g/mol. The van der Waals surface area contributed by atoms with Gasteiger partial charge in [-0.2, -0.15) is 0 Å². The second-order valence-corrected chi connectivity index (χ2v) is 7.92. The van der Waals surface area contributed by atoms with Crippen molar-refractivity contribution in [1.82, 2.24) is 4.72 Å². The Kier molecular flexibility index (Phi) is 6.10. The van der Waals surface area contributed by atoms with E-state index in [2.05, 4.69) is 0 Å². The van der Waals surface area contributed by atoms with E-state index in [-0.39, 0.29) is 25.2 Å². The second kappa shape index (κ2) is 7.00. The average molecular weight is 327 g/mol. The summed E-state index contributed by atoms with van der Waals surface area (Å²) in [5.74, 6) is -6.27. The maximum absolute atomic E-state index is 13.7. The fraction of sp³-hybridized carbons (Fsp3) is 0.923. The van der Waals surface area contributed by atoms with Gasteiger partial charge in [-0.05, 0) is 25.2 Å². The zero-order valence-corrected chi connectivity index (χ0v) is 13.1. The SMILES string of the molecule is CC(C)CC(NS(=O)(=O)CC1CCCCC1(F)F)C(=O)O. The zero-order chi connectivity index (χ0) is 16.3. The first kappa shape index (κ1) is 18.3. The van der Waals surface area contributed by atoms with Gasteiger partial charge in [-0.1, -0.05) is 20.3 Å². The predicted molar refractivity (Wildman–Crippen MR) is 74.7 cm³/mol. The number of nitrogens with one attached hydrogen (secondary N) is 1. The van der Waals surface area contributed by atoms with Crippen molar-refractivity contribution in [2.45, 2.75) is 57.9 Å². The molecular formula is C13H23F2NO4S. The fourth-order valence-electron chi connectivity index (χ4n) is 2.57. The zero-order valence-electron chi connectivity index (χ0n) is 12.3. The number of alkyl halides is 2. The van der Waals surface area contributed by atoms with Crippen LogP contribution in [0, 0.1) is 11.8 Å². The van der Waals surface area contributed by atoms with Gasteiger partial charge in [0.05, 0.1) is 5.75 Å². The third kappa shape index (κ3) is 5.86. The lowest BCUT2D eigenvalue weighted by molar-refractivity contribution is -0.139. The van der Waals surface area contributed by atoms with E-state index in [9.17, 15) is 22.0 Å². The van der Waals surface area contributed by atoms with Crippen molar-refractivity contribution in [2.75, 3.05) is 5.75 Å². The van der Waals surface area contributed by atoms with Crippen LogP contribution in [0.15, 0.2) is 0 Å². The normalized spacial score (nSPS) is 24.0. The van der Waals surface area contributed by atoms with Crippen LogP contribution < -0.4 is 4.72 Å². The highest BCUT2D eigenvalue weighted by molar-refractivity contribution is 7.89. The molecule has 5 nitrogen and oxygen atoms in total. The molecule has 0 spiro atoms. The molecule has 0 amide bonds. The van der Waals surface area contributed by atoms with Crippen molar-refractivity contribution in [2.24, 2.45) is 11.8 Å². The summed E-state index contributed by atoms with van der Waals surface area (Å²) in [6, 6.07) is -1.27. The monoisotopic (exact) mass is 327 g/mol. The Balaban J connectivity index is 2.73. The number of halogens is 2. The lowest BCUT2D eigenvalue weighted by atomic mass is 9.87. The Morgan fingerprint density at radius 2 is 2.00 bits per heavy atom. The molecule has 8 heteroatoms. The van der Waals surface area contributed by atoms with Crippen molar-refractivity contribution in [3.8, 4) is 0 Å². The highest BCUT2D eigenvalue weighted by atomic mass is 32.2. The molecule has 124 valence electrons. The van der Waals surface area contributed by atoms with Crippen LogP contribution in [-0.2, 0) is 14.8 Å². The first-order valence-corrected chi connectivity index (χ1v) is 8.79. The van der Waals surface area contributed by atoms with Gasteiger partial charge in [0.25, 0.3) is 5.92 Å². The molecule has 0 saturated heterocycles. The van der Waals surface area contributed by atoms with Crippen molar-refractivity contribution in [3.05, 3.63) is 0 Å². The first-order chi connectivity index (χ1) is 9.53. The number of hydrogen-bond acceptors (Lipinski definition) is 3. The van der Waals surface area contributed by atoms with Gasteiger partial charge < -0.3 is 5.11 Å². The molecule has 1 aliphatic rings. The van der Waals surface area contributed by atoms with E-state index in [1.807, 2.05) is 4.72 Å². The van der Waals surface area contributed by atoms with Crippen molar-refractivity contribution in [1.29, 1.82) is 0 Å². The summed E-state index contributed by atoms with van der Waals surface area (Å²) in [6.45, 7) is 3.53. The smallest absolute Gasteiger partial charge is 0.321 e. The van der Waals surface area contributed by atoms with Crippen LogP contribution >= 0.6 is 0 Å². The topological polar surface area (TPSA) is 83.5 Å². The van der Waals surface area contributed by atoms with Crippen LogP contribution in [0.4, 0.5) is 8.78 Å². The summed E-state index contributed by atoms with van der Waals surface area (Å²) in [5, 5.41) is 9.02. The fourth-order valence-corrected chi connectivity index (χ4v) is 4.24. The van der Waals surface area contributed by atoms with Gasteiger partial charge in [-0.25, -0.2) is 21.9 Å². The standard InChI is InChI=1S/C13H23F2NO4S/c1-9(2)7-11(12(17)18)16-21(19,20)8-10-5-3-4-6-13(10,14)15/h9-11,16H,3-8H2,1-2H3,(H,17,18). The molecule has 21 heavy (non-hydrogen) atoms. The number of aliphatic carboxylic acids is 1. The molecule has 0 aliphatic heterocycles. The summed E-state index contributed by atoms with van der Waals surface area (Å²) in [6.07, 6.45) is 0.930. The average Bonchev–Trinajstić information content (AvgIpc) is 2.29. The molecule has 2 unspecified atom stereocenters.